The molecule has 1 aromatic rings. The fourth-order valence-electron chi connectivity index (χ4n) is 1.09. The quantitative estimate of drug-likeness (QED) is 0.848. The van der Waals surface area contributed by atoms with Crippen LogP contribution >= 0.6 is 11.6 Å². The van der Waals surface area contributed by atoms with Crippen molar-refractivity contribution in [3.63, 3.8) is 0 Å². The maximum Gasteiger partial charge on any atom is 0.221 e. The molecule has 0 atom stereocenters. The standard InChI is InChI=1S/C11H11ClFNO/c1-7-5-9(12)8(6-10(7)13)3-2-4-11(14)15/h2-3,5-6H,4H2,1H3,(H2,14,15). The molecule has 0 aliphatic carbocycles. The molecule has 4 heteroatoms. The number of rotatable bonds is 3. The Morgan fingerprint density at radius 2 is 2.27 bits per heavy atom. The Balaban J connectivity index is 2.90. The molecule has 0 aliphatic heterocycles. The molecule has 0 saturated heterocycles. The Labute approximate surface area is 92.5 Å². The first-order chi connectivity index (χ1) is 7.00. The molecule has 80 valence electrons. The summed E-state index contributed by atoms with van der Waals surface area (Å²) in [4.78, 5) is 10.5. The molecule has 0 heterocycles. The van der Waals surface area contributed by atoms with Gasteiger partial charge < -0.3 is 5.73 Å². The molecule has 0 aliphatic rings. The van der Waals surface area contributed by atoms with Crippen LogP contribution in [0.4, 0.5) is 4.39 Å². The summed E-state index contributed by atoms with van der Waals surface area (Å²) < 4.78 is 13.2. The van der Waals surface area contributed by atoms with E-state index in [1.54, 1.807) is 25.1 Å². The van der Waals surface area contributed by atoms with Crippen molar-refractivity contribution in [2.75, 3.05) is 0 Å². The summed E-state index contributed by atoms with van der Waals surface area (Å²) in [6.07, 6.45) is 3.25. The lowest BCUT2D eigenvalue weighted by Gasteiger charge is -2.01. The Bertz CT molecular complexity index is 415. The van der Waals surface area contributed by atoms with Gasteiger partial charge in [0.15, 0.2) is 0 Å². The average Bonchev–Trinajstić information content (AvgIpc) is 2.13. The molecule has 0 saturated carbocycles. The Morgan fingerprint density at radius 3 is 2.87 bits per heavy atom. The molecule has 2 N–H and O–H groups in total. The molecule has 0 aromatic heterocycles. The number of aryl methyl sites for hydroxylation is 1. The number of amides is 1. The monoisotopic (exact) mass is 227 g/mol. The third-order valence-corrected chi connectivity index (χ3v) is 2.22. The lowest BCUT2D eigenvalue weighted by Crippen LogP contribution is -2.07. The summed E-state index contributed by atoms with van der Waals surface area (Å²) in [5, 5.41) is 0.453. The Kier molecular flexibility index (Phi) is 3.86. The van der Waals surface area contributed by atoms with E-state index in [-0.39, 0.29) is 12.2 Å². The lowest BCUT2D eigenvalue weighted by molar-refractivity contribution is -0.117. The van der Waals surface area contributed by atoms with E-state index in [4.69, 9.17) is 17.3 Å². The highest BCUT2D eigenvalue weighted by atomic mass is 35.5. The number of carbonyl (C=O) groups excluding carboxylic acids is 1. The first-order valence-electron chi connectivity index (χ1n) is 4.41. The maximum absolute atomic E-state index is 13.2. The smallest absolute Gasteiger partial charge is 0.221 e. The van der Waals surface area contributed by atoms with Crippen molar-refractivity contribution in [2.45, 2.75) is 13.3 Å². The molecular weight excluding hydrogens is 217 g/mol. The lowest BCUT2D eigenvalue weighted by atomic mass is 10.1. The molecule has 0 spiro atoms. The SMILES string of the molecule is Cc1cc(Cl)c(C=CCC(N)=O)cc1F. The number of carbonyl (C=O) groups is 1. The van der Waals surface area contributed by atoms with Crippen LogP contribution < -0.4 is 5.73 Å². The van der Waals surface area contributed by atoms with Gasteiger partial charge in [0.25, 0.3) is 0 Å². The molecule has 1 amide bonds. The van der Waals surface area contributed by atoms with Crippen molar-refractivity contribution in [3.05, 3.63) is 40.2 Å². The molecule has 0 bridgehead atoms. The predicted octanol–water partition coefficient (Wildman–Crippen LogP) is 2.68. The van der Waals surface area contributed by atoms with Gasteiger partial charge in [-0.2, -0.15) is 0 Å². The van der Waals surface area contributed by atoms with Crippen LogP contribution in [0.3, 0.4) is 0 Å². The van der Waals surface area contributed by atoms with Gasteiger partial charge in [-0.3, -0.25) is 4.79 Å². The van der Waals surface area contributed by atoms with E-state index in [1.165, 1.54) is 6.07 Å². The molecule has 1 rings (SSSR count). The van der Waals surface area contributed by atoms with E-state index in [9.17, 15) is 9.18 Å². The van der Waals surface area contributed by atoms with Crippen LogP contribution in [-0.2, 0) is 4.79 Å². The number of hydrogen-bond donors (Lipinski definition) is 1. The van der Waals surface area contributed by atoms with Crippen molar-refractivity contribution < 1.29 is 9.18 Å². The second-order valence-corrected chi connectivity index (χ2v) is 3.60. The van der Waals surface area contributed by atoms with Crippen LogP contribution in [0.1, 0.15) is 17.5 Å². The van der Waals surface area contributed by atoms with Gasteiger partial charge in [-0.1, -0.05) is 23.8 Å². The molecule has 2 nitrogen and oxygen atoms in total. The molecule has 15 heavy (non-hydrogen) atoms. The predicted molar refractivity (Wildman–Crippen MR) is 59.0 cm³/mol. The van der Waals surface area contributed by atoms with Crippen LogP contribution in [0.2, 0.25) is 5.02 Å². The topological polar surface area (TPSA) is 43.1 Å². The zero-order valence-corrected chi connectivity index (χ0v) is 9.01. The summed E-state index contributed by atoms with van der Waals surface area (Å²) in [7, 11) is 0. The van der Waals surface area contributed by atoms with Gasteiger partial charge in [-0.15, -0.1) is 0 Å². The van der Waals surface area contributed by atoms with Crippen LogP contribution in [0.25, 0.3) is 6.08 Å². The van der Waals surface area contributed by atoms with Gasteiger partial charge in [0.2, 0.25) is 5.91 Å². The zero-order valence-electron chi connectivity index (χ0n) is 8.26. The third-order valence-electron chi connectivity index (χ3n) is 1.89. The minimum Gasteiger partial charge on any atom is -0.369 e. The van der Waals surface area contributed by atoms with Gasteiger partial charge in [-0.25, -0.2) is 4.39 Å². The second-order valence-electron chi connectivity index (χ2n) is 3.20. The number of primary amides is 1. The summed E-state index contributed by atoms with van der Waals surface area (Å²) in [5.41, 5.74) is 5.99. The largest absolute Gasteiger partial charge is 0.369 e. The fraction of sp³-hybridized carbons (Fsp3) is 0.182. The van der Waals surface area contributed by atoms with Crippen molar-refractivity contribution in [1.29, 1.82) is 0 Å². The summed E-state index contributed by atoms with van der Waals surface area (Å²) >= 11 is 5.88. The van der Waals surface area contributed by atoms with Crippen LogP contribution in [0.15, 0.2) is 18.2 Å². The summed E-state index contributed by atoms with van der Waals surface area (Å²) in [6.45, 7) is 1.64. The van der Waals surface area contributed by atoms with Gasteiger partial charge in [0.05, 0.1) is 0 Å². The molecule has 0 unspecified atom stereocenters. The average molecular weight is 228 g/mol. The van der Waals surface area contributed by atoms with Gasteiger partial charge in [-0.05, 0) is 30.2 Å². The Morgan fingerprint density at radius 1 is 1.60 bits per heavy atom. The first kappa shape index (κ1) is 11.7. The fourth-order valence-corrected chi connectivity index (χ4v) is 1.37. The Hall–Kier alpha value is -1.35. The van der Waals surface area contributed by atoms with Gasteiger partial charge in [0, 0.05) is 11.4 Å². The van der Waals surface area contributed by atoms with E-state index >= 15 is 0 Å². The van der Waals surface area contributed by atoms with Gasteiger partial charge in [0.1, 0.15) is 5.82 Å². The van der Waals surface area contributed by atoms with Gasteiger partial charge >= 0.3 is 0 Å². The molecule has 0 radical (unpaired) electrons. The van der Waals surface area contributed by atoms with Crippen LogP contribution in [-0.4, -0.2) is 5.91 Å². The zero-order chi connectivity index (χ0) is 11.4. The highest BCUT2D eigenvalue weighted by Gasteiger charge is 2.02. The first-order valence-corrected chi connectivity index (χ1v) is 4.79. The highest BCUT2D eigenvalue weighted by molar-refractivity contribution is 6.32. The number of nitrogens with two attached hydrogens (primary N) is 1. The number of hydrogen-bond acceptors (Lipinski definition) is 1. The van der Waals surface area contributed by atoms with Crippen LogP contribution in [0.5, 0.6) is 0 Å². The minimum absolute atomic E-state index is 0.117. The van der Waals surface area contributed by atoms with E-state index < -0.39 is 5.91 Å². The molecule has 0 fully saturated rings. The van der Waals surface area contributed by atoms with Crippen molar-refractivity contribution in [3.8, 4) is 0 Å². The third kappa shape index (κ3) is 3.36. The minimum atomic E-state index is -0.435. The highest BCUT2D eigenvalue weighted by Crippen LogP contribution is 2.21. The van der Waals surface area contributed by atoms with E-state index in [2.05, 4.69) is 0 Å². The summed E-state index contributed by atoms with van der Waals surface area (Å²) in [5.74, 6) is -0.756. The summed E-state index contributed by atoms with van der Waals surface area (Å²) in [6, 6.07) is 2.87. The number of halogens is 2. The van der Waals surface area contributed by atoms with E-state index in [0.717, 1.165) is 0 Å². The maximum atomic E-state index is 13.2. The number of benzene rings is 1. The molecular formula is C11H11ClFNO. The van der Waals surface area contributed by atoms with Crippen molar-refractivity contribution in [2.24, 2.45) is 5.73 Å². The normalized spacial score (nSPS) is 10.9. The van der Waals surface area contributed by atoms with E-state index in [0.29, 0.717) is 16.1 Å². The van der Waals surface area contributed by atoms with Crippen molar-refractivity contribution in [1.82, 2.24) is 0 Å². The van der Waals surface area contributed by atoms with Crippen LogP contribution in [0, 0.1) is 12.7 Å². The van der Waals surface area contributed by atoms with Crippen molar-refractivity contribution >= 4 is 23.6 Å². The molecule has 1 aromatic carbocycles. The van der Waals surface area contributed by atoms with E-state index in [1.807, 2.05) is 0 Å². The second kappa shape index (κ2) is 4.94.